The van der Waals surface area contributed by atoms with Gasteiger partial charge in [0.1, 0.15) is 0 Å². The lowest BCUT2D eigenvalue weighted by atomic mass is 9.95. The summed E-state index contributed by atoms with van der Waals surface area (Å²) in [4.78, 5) is 21.5. The first-order valence-corrected chi connectivity index (χ1v) is 10.9. The lowest BCUT2D eigenvalue weighted by molar-refractivity contribution is 0.141. The van der Waals surface area contributed by atoms with Crippen LogP contribution in [0.3, 0.4) is 0 Å². The van der Waals surface area contributed by atoms with Gasteiger partial charge in [0.05, 0.1) is 12.0 Å². The van der Waals surface area contributed by atoms with Crippen molar-refractivity contribution < 1.29 is 9.32 Å². The SMILES string of the molecule is O=C(NC1CCCCC1)N1CC(c2noc(C3CCCN3CC3CC3)n2)C1. The van der Waals surface area contributed by atoms with E-state index in [1.54, 1.807) is 0 Å². The van der Waals surface area contributed by atoms with Crippen molar-refractivity contribution in [1.82, 2.24) is 25.3 Å². The van der Waals surface area contributed by atoms with Crippen molar-refractivity contribution in [3.05, 3.63) is 11.7 Å². The molecule has 2 aliphatic heterocycles. The molecule has 7 nitrogen and oxygen atoms in total. The first-order chi connectivity index (χ1) is 13.3. The van der Waals surface area contributed by atoms with Crippen LogP contribution < -0.4 is 5.32 Å². The molecule has 1 atom stereocenters. The number of carbonyl (C=O) groups is 1. The van der Waals surface area contributed by atoms with Crippen LogP contribution in [0.4, 0.5) is 4.79 Å². The molecule has 1 N–H and O–H groups in total. The monoisotopic (exact) mass is 373 g/mol. The van der Waals surface area contributed by atoms with E-state index in [1.165, 1.54) is 45.1 Å². The van der Waals surface area contributed by atoms with Crippen molar-refractivity contribution in [3.63, 3.8) is 0 Å². The van der Waals surface area contributed by atoms with Gasteiger partial charge in [0, 0.05) is 25.7 Å². The lowest BCUT2D eigenvalue weighted by Gasteiger charge is -2.38. The van der Waals surface area contributed by atoms with E-state index in [2.05, 4.69) is 15.4 Å². The highest BCUT2D eigenvalue weighted by Crippen LogP contribution is 2.37. The number of likely N-dealkylation sites (tertiary alicyclic amines) is 2. The predicted molar refractivity (Wildman–Crippen MR) is 100 cm³/mol. The molecule has 1 unspecified atom stereocenters. The molecule has 2 amide bonds. The van der Waals surface area contributed by atoms with Gasteiger partial charge in [-0.05, 0) is 51.0 Å². The van der Waals surface area contributed by atoms with Crippen LogP contribution in [0.1, 0.15) is 81.5 Å². The highest BCUT2D eigenvalue weighted by atomic mass is 16.5. The van der Waals surface area contributed by atoms with Crippen molar-refractivity contribution in [2.24, 2.45) is 5.92 Å². The molecule has 27 heavy (non-hydrogen) atoms. The van der Waals surface area contributed by atoms with E-state index in [-0.39, 0.29) is 11.9 Å². The van der Waals surface area contributed by atoms with Crippen molar-refractivity contribution in [1.29, 1.82) is 0 Å². The van der Waals surface area contributed by atoms with Crippen LogP contribution in [-0.4, -0.2) is 58.2 Å². The number of rotatable bonds is 5. The highest BCUT2D eigenvalue weighted by Gasteiger charge is 2.38. The maximum atomic E-state index is 12.4. The van der Waals surface area contributed by atoms with Gasteiger partial charge < -0.3 is 14.7 Å². The maximum absolute atomic E-state index is 12.4. The molecule has 0 bridgehead atoms. The van der Waals surface area contributed by atoms with Gasteiger partial charge in [-0.1, -0.05) is 24.4 Å². The van der Waals surface area contributed by atoms with E-state index >= 15 is 0 Å². The Hall–Kier alpha value is -1.63. The van der Waals surface area contributed by atoms with Gasteiger partial charge in [-0.15, -0.1) is 0 Å². The molecule has 2 aliphatic carbocycles. The second-order valence-electron chi connectivity index (χ2n) is 8.97. The topological polar surface area (TPSA) is 74.5 Å². The van der Waals surface area contributed by atoms with Crippen LogP contribution in [0, 0.1) is 5.92 Å². The van der Waals surface area contributed by atoms with Crippen LogP contribution in [0.25, 0.3) is 0 Å². The normalized spacial score (nSPS) is 27.7. The number of nitrogens with zero attached hydrogens (tertiary/aromatic N) is 4. The summed E-state index contributed by atoms with van der Waals surface area (Å²) in [5.41, 5.74) is 0. The smallest absolute Gasteiger partial charge is 0.317 e. The van der Waals surface area contributed by atoms with Gasteiger partial charge in [-0.25, -0.2) is 4.79 Å². The first-order valence-electron chi connectivity index (χ1n) is 10.9. The number of nitrogens with one attached hydrogen (secondary N) is 1. The van der Waals surface area contributed by atoms with E-state index in [0.29, 0.717) is 25.2 Å². The second kappa shape index (κ2) is 7.41. The average molecular weight is 374 g/mol. The van der Waals surface area contributed by atoms with Crippen molar-refractivity contribution in [3.8, 4) is 0 Å². The summed E-state index contributed by atoms with van der Waals surface area (Å²) in [7, 11) is 0. The Kier molecular flexibility index (Phi) is 4.80. The average Bonchev–Trinajstić information content (AvgIpc) is 3.12. The van der Waals surface area contributed by atoms with Crippen LogP contribution in [0.5, 0.6) is 0 Å². The third kappa shape index (κ3) is 3.84. The molecular weight excluding hydrogens is 342 g/mol. The fraction of sp³-hybridized carbons (Fsp3) is 0.850. The van der Waals surface area contributed by atoms with Gasteiger partial charge in [0.15, 0.2) is 5.82 Å². The molecule has 1 aromatic heterocycles. The molecule has 3 heterocycles. The minimum atomic E-state index is 0.0771. The summed E-state index contributed by atoms with van der Waals surface area (Å²) in [5, 5.41) is 7.44. The molecule has 2 saturated carbocycles. The Balaban J connectivity index is 1.13. The van der Waals surface area contributed by atoms with Crippen molar-refractivity contribution in [2.45, 2.75) is 75.8 Å². The molecule has 1 aromatic rings. The van der Waals surface area contributed by atoms with Crippen molar-refractivity contribution in [2.75, 3.05) is 26.2 Å². The number of carbonyl (C=O) groups excluding carboxylic acids is 1. The molecule has 0 radical (unpaired) electrons. The first kappa shape index (κ1) is 17.5. The summed E-state index contributed by atoms with van der Waals surface area (Å²) >= 11 is 0. The fourth-order valence-corrected chi connectivity index (χ4v) is 4.83. The number of aromatic nitrogens is 2. The summed E-state index contributed by atoms with van der Waals surface area (Å²) in [5.74, 6) is 2.67. The number of hydrogen-bond donors (Lipinski definition) is 1. The third-order valence-corrected chi connectivity index (χ3v) is 6.76. The molecule has 0 spiro atoms. The Morgan fingerprint density at radius 3 is 2.67 bits per heavy atom. The van der Waals surface area contributed by atoms with Crippen molar-refractivity contribution >= 4 is 6.03 Å². The summed E-state index contributed by atoms with van der Waals surface area (Å²) in [6, 6.07) is 0.743. The molecule has 4 fully saturated rings. The Bertz CT molecular complexity index is 661. The number of hydrogen-bond acceptors (Lipinski definition) is 5. The van der Waals surface area contributed by atoms with Gasteiger partial charge in [0.25, 0.3) is 0 Å². The van der Waals surface area contributed by atoms with Crippen LogP contribution in [-0.2, 0) is 0 Å². The van der Waals surface area contributed by atoms with Crippen LogP contribution >= 0.6 is 0 Å². The fourth-order valence-electron chi connectivity index (χ4n) is 4.83. The lowest BCUT2D eigenvalue weighted by Crippen LogP contribution is -2.54. The summed E-state index contributed by atoms with van der Waals surface area (Å²) in [6.45, 7) is 3.74. The maximum Gasteiger partial charge on any atom is 0.317 e. The molecule has 2 saturated heterocycles. The number of amides is 2. The van der Waals surface area contributed by atoms with E-state index in [1.807, 2.05) is 4.90 Å². The van der Waals surface area contributed by atoms with E-state index in [0.717, 1.165) is 43.4 Å². The van der Waals surface area contributed by atoms with Gasteiger partial charge in [-0.3, -0.25) is 4.90 Å². The molecule has 4 aliphatic rings. The standard InChI is InChI=1S/C20H31N5O2/c26-20(21-16-5-2-1-3-6-16)25-12-15(13-25)18-22-19(27-23-18)17-7-4-10-24(17)11-14-8-9-14/h14-17H,1-13H2,(H,21,26). The molecule has 148 valence electrons. The van der Waals surface area contributed by atoms with E-state index in [4.69, 9.17) is 9.51 Å². The van der Waals surface area contributed by atoms with Crippen LogP contribution in [0.2, 0.25) is 0 Å². The number of urea groups is 1. The second-order valence-corrected chi connectivity index (χ2v) is 8.97. The minimum absolute atomic E-state index is 0.0771. The zero-order valence-corrected chi connectivity index (χ0v) is 16.1. The highest BCUT2D eigenvalue weighted by molar-refractivity contribution is 5.75. The van der Waals surface area contributed by atoms with Crippen LogP contribution in [0.15, 0.2) is 4.52 Å². The predicted octanol–water partition coefficient (Wildman–Crippen LogP) is 3.06. The zero-order chi connectivity index (χ0) is 18.2. The Morgan fingerprint density at radius 1 is 1.07 bits per heavy atom. The summed E-state index contributed by atoms with van der Waals surface area (Å²) in [6.07, 6.45) is 11.1. The van der Waals surface area contributed by atoms with Gasteiger partial charge >= 0.3 is 6.03 Å². The molecular formula is C20H31N5O2. The Labute approximate surface area is 160 Å². The Morgan fingerprint density at radius 2 is 1.89 bits per heavy atom. The van der Waals surface area contributed by atoms with E-state index < -0.39 is 0 Å². The summed E-state index contributed by atoms with van der Waals surface area (Å²) < 4.78 is 5.63. The zero-order valence-electron chi connectivity index (χ0n) is 16.1. The third-order valence-electron chi connectivity index (χ3n) is 6.76. The molecule has 5 rings (SSSR count). The van der Waals surface area contributed by atoms with Gasteiger partial charge in [-0.2, -0.15) is 4.98 Å². The van der Waals surface area contributed by atoms with Gasteiger partial charge in [0.2, 0.25) is 5.89 Å². The van der Waals surface area contributed by atoms with E-state index in [9.17, 15) is 4.79 Å². The molecule has 0 aromatic carbocycles. The quantitative estimate of drug-likeness (QED) is 0.859. The largest absolute Gasteiger partial charge is 0.338 e. The minimum Gasteiger partial charge on any atom is -0.338 e. The molecule has 7 heteroatoms.